The molecule has 0 aliphatic rings. The van der Waals surface area contributed by atoms with Crippen molar-refractivity contribution in [3.8, 4) is 0 Å². The highest BCUT2D eigenvalue weighted by molar-refractivity contribution is 4.55. The molecule has 0 rings (SSSR count). The second-order valence-electron chi connectivity index (χ2n) is 4.57. The quantitative estimate of drug-likeness (QED) is 0.517. The number of aliphatic hydroxyl groups is 1. The zero-order valence-corrected chi connectivity index (χ0v) is 11.2. The van der Waals surface area contributed by atoms with E-state index >= 15 is 0 Å². The van der Waals surface area contributed by atoms with E-state index in [2.05, 4.69) is 13.8 Å². The minimum Gasteiger partial charge on any atom is -0.394 e. The van der Waals surface area contributed by atoms with Crippen LogP contribution in [0.3, 0.4) is 0 Å². The second kappa shape index (κ2) is 13.0. The Morgan fingerprint density at radius 3 is 2.12 bits per heavy atom. The van der Waals surface area contributed by atoms with Gasteiger partial charge in [-0.15, -0.1) is 0 Å². The van der Waals surface area contributed by atoms with Crippen molar-refractivity contribution in [3.63, 3.8) is 0 Å². The Hall–Kier alpha value is -0.0800. The average Bonchev–Trinajstić information content (AvgIpc) is 2.32. The molecule has 1 N–H and O–H groups in total. The minimum atomic E-state index is 0.148. The molecule has 0 saturated carbocycles. The summed E-state index contributed by atoms with van der Waals surface area (Å²) in [6, 6.07) is 0. The number of hydrogen-bond donors (Lipinski definition) is 1. The summed E-state index contributed by atoms with van der Waals surface area (Å²) in [5.41, 5.74) is 0. The summed E-state index contributed by atoms with van der Waals surface area (Å²) in [6.07, 6.45) is 10.6. The van der Waals surface area contributed by atoms with Gasteiger partial charge in [0.25, 0.3) is 0 Å². The SMILES string of the molecule is CCC(CC)CCCCCCCOCCO. The first-order chi connectivity index (χ1) is 7.85. The van der Waals surface area contributed by atoms with E-state index in [-0.39, 0.29) is 6.61 Å². The molecule has 0 heterocycles. The molecule has 0 unspecified atom stereocenters. The predicted molar refractivity (Wildman–Crippen MR) is 69.7 cm³/mol. The lowest BCUT2D eigenvalue weighted by Gasteiger charge is -2.11. The van der Waals surface area contributed by atoms with Crippen molar-refractivity contribution in [2.24, 2.45) is 5.92 Å². The third-order valence-corrected chi connectivity index (χ3v) is 3.29. The highest BCUT2D eigenvalue weighted by Gasteiger charge is 2.02. The Morgan fingerprint density at radius 1 is 0.875 bits per heavy atom. The van der Waals surface area contributed by atoms with E-state index in [9.17, 15) is 0 Å². The molecule has 2 heteroatoms. The molecule has 16 heavy (non-hydrogen) atoms. The smallest absolute Gasteiger partial charge is 0.0697 e. The van der Waals surface area contributed by atoms with Gasteiger partial charge in [-0.3, -0.25) is 0 Å². The molecule has 0 aliphatic carbocycles. The number of hydrogen-bond acceptors (Lipinski definition) is 2. The highest BCUT2D eigenvalue weighted by atomic mass is 16.5. The van der Waals surface area contributed by atoms with Crippen molar-refractivity contribution in [1.82, 2.24) is 0 Å². The Bertz CT molecular complexity index is 122. The molecular formula is C14H30O2. The van der Waals surface area contributed by atoms with Gasteiger partial charge in [-0.05, 0) is 12.3 Å². The van der Waals surface area contributed by atoms with Crippen LogP contribution in [0.4, 0.5) is 0 Å². The van der Waals surface area contributed by atoms with E-state index < -0.39 is 0 Å². The summed E-state index contributed by atoms with van der Waals surface area (Å²) in [4.78, 5) is 0. The molecule has 0 amide bonds. The van der Waals surface area contributed by atoms with Crippen LogP contribution in [0.1, 0.15) is 65.2 Å². The van der Waals surface area contributed by atoms with Gasteiger partial charge in [0.15, 0.2) is 0 Å². The van der Waals surface area contributed by atoms with Crippen molar-refractivity contribution >= 4 is 0 Å². The lowest BCUT2D eigenvalue weighted by Crippen LogP contribution is -2.00. The van der Waals surface area contributed by atoms with Gasteiger partial charge in [0.1, 0.15) is 0 Å². The molecular weight excluding hydrogens is 200 g/mol. The van der Waals surface area contributed by atoms with E-state index in [1.165, 1.54) is 44.9 Å². The Morgan fingerprint density at radius 2 is 1.50 bits per heavy atom. The average molecular weight is 230 g/mol. The van der Waals surface area contributed by atoms with Crippen LogP contribution in [0.25, 0.3) is 0 Å². The zero-order chi connectivity index (χ0) is 12.1. The summed E-state index contributed by atoms with van der Waals surface area (Å²) in [5, 5.41) is 8.51. The number of ether oxygens (including phenoxy) is 1. The van der Waals surface area contributed by atoms with Crippen molar-refractivity contribution in [1.29, 1.82) is 0 Å². The van der Waals surface area contributed by atoms with Crippen LogP contribution in [-0.2, 0) is 4.74 Å². The van der Waals surface area contributed by atoms with E-state index in [0.717, 1.165) is 18.9 Å². The van der Waals surface area contributed by atoms with Gasteiger partial charge >= 0.3 is 0 Å². The molecule has 0 aromatic carbocycles. The van der Waals surface area contributed by atoms with Crippen LogP contribution >= 0.6 is 0 Å². The molecule has 0 aliphatic heterocycles. The predicted octanol–water partition coefficient (Wildman–Crippen LogP) is 3.77. The van der Waals surface area contributed by atoms with Crippen LogP contribution in [0.5, 0.6) is 0 Å². The molecule has 0 aromatic rings. The standard InChI is InChI=1S/C14H30O2/c1-3-14(4-2)10-8-6-5-7-9-12-16-13-11-15/h14-15H,3-13H2,1-2H3. The van der Waals surface area contributed by atoms with Gasteiger partial charge in [0, 0.05) is 6.61 Å². The second-order valence-corrected chi connectivity index (χ2v) is 4.57. The van der Waals surface area contributed by atoms with Crippen LogP contribution in [0, 0.1) is 5.92 Å². The Balaban J connectivity index is 3.03. The van der Waals surface area contributed by atoms with Gasteiger partial charge in [-0.2, -0.15) is 0 Å². The fraction of sp³-hybridized carbons (Fsp3) is 1.00. The molecule has 98 valence electrons. The van der Waals surface area contributed by atoms with Crippen LogP contribution in [0.15, 0.2) is 0 Å². The third kappa shape index (κ3) is 10.4. The summed E-state index contributed by atoms with van der Waals surface area (Å²) in [7, 11) is 0. The largest absolute Gasteiger partial charge is 0.394 e. The van der Waals surface area contributed by atoms with Gasteiger partial charge < -0.3 is 9.84 Å². The van der Waals surface area contributed by atoms with Gasteiger partial charge in [-0.25, -0.2) is 0 Å². The van der Waals surface area contributed by atoms with Crippen LogP contribution in [0.2, 0.25) is 0 Å². The van der Waals surface area contributed by atoms with Crippen molar-refractivity contribution in [2.45, 2.75) is 65.2 Å². The summed E-state index contributed by atoms with van der Waals surface area (Å²) in [6.45, 7) is 6.05. The number of unbranched alkanes of at least 4 members (excludes halogenated alkanes) is 4. The van der Waals surface area contributed by atoms with Crippen molar-refractivity contribution < 1.29 is 9.84 Å². The number of rotatable bonds is 12. The fourth-order valence-electron chi connectivity index (χ4n) is 2.03. The van der Waals surface area contributed by atoms with E-state index in [1.807, 2.05) is 0 Å². The maximum absolute atomic E-state index is 8.51. The van der Waals surface area contributed by atoms with Crippen LogP contribution < -0.4 is 0 Å². The van der Waals surface area contributed by atoms with Gasteiger partial charge in [0.05, 0.1) is 13.2 Å². The van der Waals surface area contributed by atoms with Crippen LogP contribution in [-0.4, -0.2) is 24.9 Å². The molecule has 0 bridgehead atoms. The van der Waals surface area contributed by atoms with Crippen molar-refractivity contribution in [3.05, 3.63) is 0 Å². The third-order valence-electron chi connectivity index (χ3n) is 3.29. The zero-order valence-electron chi connectivity index (χ0n) is 11.2. The Kier molecular flexibility index (Phi) is 12.9. The Labute approximate surface area is 101 Å². The first kappa shape index (κ1) is 15.9. The topological polar surface area (TPSA) is 29.5 Å². The normalized spacial score (nSPS) is 11.2. The number of aliphatic hydroxyl groups excluding tert-OH is 1. The van der Waals surface area contributed by atoms with Crippen molar-refractivity contribution in [2.75, 3.05) is 19.8 Å². The fourth-order valence-corrected chi connectivity index (χ4v) is 2.03. The molecule has 0 radical (unpaired) electrons. The van der Waals surface area contributed by atoms with E-state index in [1.54, 1.807) is 0 Å². The highest BCUT2D eigenvalue weighted by Crippen LogP contribution is 2.17. The lowest BCUT2D eigenvalue weighted by atomic mass is 9.96. The molecule has 0 fully saturated rings. The molecule has 0 spiro atoms. The van der Waals surface area contributed by atoms with E-state index in [4.69, 9.17) is 9.84 Å². The first-order valence-corrected chi connectivity index (χ1v) is 7.03. The maximum Gasteiger partial charge on any atom is 0.0697 e. The monoisotopic (exact) mass is 230 g/mol. The molecule has 0 aromatic heterocycles. The molecule has 2 nitrogen and oxygen atoms in total. The minimum absolute atomic E-state index is 0.148. The summed E-state index contributed by atoms with van der Waals surface area (Å²) < 4.78 is 5.21. The van der Waals surface area contributed by atoms with Gasteiger partial charge in [0.2, 0.25) is 0 Å². The molecule has 0 atom stereocenters. The summed E-state index contributed by atoms with van der Waals surface area (Å²) in [5.74, 6) is 0.952. The molecule has 0 saturated heterocycles. The maximum atomic E-state index is 8.51. The van der Waals surface area contributed by atoms with Gasteiger partial charge in [-0.1, -0.05) is 58.8 Å². The van der Waals surface area contributed by atoms with E-state index in [0.29, 0.717) is 6.61 Å². The summed E-state index contributed by atoms with van der Waals surface area (Å²) >= 11 is 0. The first-order valence-electron chi connectivity index (χ1n) is 7.03. The lowest BCUT2D eigenvalue weighted by molar-refractivity contribution is 0.0895.